The lowest BCUT2D eigenvalue weighted by Crippen LogP contribution is -2.18. The summed E-state index contributed by atoms with van der Waals surface area (Å²) in [6, 6.07) is 0. The third kappa shape index (κ3) is 2.92. The summed E-state index contributed by atoms with van der Waals surface area (Å²) in [5.41, 5.74) is 0.945. The molecule has 4 nitrogen and oxygen atoms in total. The molecule has 1 saturated heterocycles. The Hall–Kier alpha value is -1.03. The standard InChI is InChI=1S/C8H12O4/c1-6(2)3-10-4-7-5-11-8(9)12-7/h7H,1,3-5H2,2H3. The van der Waals surface area contributed by atoms with Gasteiger partial charge in [-0.3, -0.25) is 0 Å². The molecule has 0 spiro atoms. The minimum Gasteiger partial charge on any atom is -0.430 e. The zero-order valence-corrected chi connectivity index (χ0v) is 7.04. The van der Waals surface area contributed by atoms with Gasteiger partial charge in [0, 0.05) is 0 Å². The molecule has 0 N–H and O–H groups in total. The Morgan fingerprint density at radius 2 is 2.58 bits per heavy atom. The van der Waals surface area contributed by atoms with Crippen molar-refractivity contribution in [3.63, 3.8) is 0 Å². The van der Waals surface area contributed by atoms with Gasteiger partial charge < -0.3 is 14.2 Å². The summed E-state index contributed by atoms with van der Waals surface area (Å²) < 4.78 is 14.5. The summed E-state index contributed by atoms with van der Waals surface area (Å²) in [7, 11) is 0. The molecule has 1 fully saturated rings. The summed E-state index contributed by atoms with van der Waals surface area (Å²) in [6.45, 7) is 6.70. The summed E-state index contributed by atoms with van der Waals surface area (Å²) in [5.74, 6) is 0. The summed E-state index contributed by atoms with van der Waals surface area (Å²) in [4.78, 5) is 10.4. The Balaban J connectivity index is 2.08. The van der Waals surface area contributed by atoms with E-state index < -0.39 is 6.16 Å². The van der Waals surface area contributed by atoms with Gasteiger partial charge in [0.05, 0.1) is 13.2 Å². The Labute approximate surface area is 71.1 Å². The molecular formula is C8H12O4. The molecule has 0 radical (unpaired) electrons. The lowest BCUT2D eigenvalue weighted by molar-refractivity contribution is 0.0554. The second kappa shape index (κ2) is 4.11. The third-order valence-corrected chi connectivity index (χ3v) is 1.30. The summed E-state index contributed by atoms with van der Waals surface area (Å²) >= 11 is 0. The van der Waals surface area contributed by atoms with Crippen molar-refractivity contribution in [2.24, 2.45) is 0 Å². The van der Waals surface area contributed by atoms with E-state index in [1.54, 1.807) is 0 Å². The van der Waals surface area contributed by atoms with Gasteiger partial charge in [-0.2, -0.15) is 0 Å². The summed E-state index contributed by atoms with van der Waals surface area (Å²) in [5, 5.41) is 0. The quantitative estimate of drug-likeness (QED) is 0.470. The largest absolute Gasteiger partial charge is 0.508 e. The monoisotopic (exact) mass is 172 g/mol. The van der Waals surface area contributed by atoms with Crippen molar-refractivity contribution in [3.05, 3.63) is 12.2 Å². The average Bonchev–Trinajstić information content (AvgIpc) is 2.35. The van der Waals surface area contributed by atoms with Crippen molar-refractivity contribution in [1.29, 1.82) is 0 Å². The van der Waals surface area contributed by atoms with Crippen LogP contribution in [0.25, 0.3) is 0 Å². The molecule has 0 aromatic heterocycles. The predicted octanol–water partition coefficient (Wildman–Crippen LogP) is 1.11. The molecule has 0 aromatic carbocycles. The molecule has 1 atom stereocenters. The molecule has 1 rings (SSSR count). The average molecular weight is 172 g/mol. The molecule has 0 amide bonds. The topological polar surface area (TPSA) is 44.8 Å². The van der Waals surface area contributed by atoms with Crippen LogP contribution in [-0.4, -0.2) is 32.1 Å². The highest BCUT2D eigenvalue weighted by molar-refractivity contribution is 5.61. The Morgan fingerprint density at radius 3 is 3.08 bits per heavy atom. The first-order valence-corrected chi connectivity index (χ1v) is 3.74. The molecule has 0 aliphatic carbocycles. The first-order valence-electron chi connectivity index (χ1n) is 3.74. The molecule has 0 aromatic rings. The lowest BCUT2D eigenvalue weighted by Gasteiger charge is -2.06. The highest BCUT2D eigenvalue weighted by Crippen LogP contribution is 2.06. The number of rotatable bonds is 4. The van der Waals surface area contributed by atoms with E-state index in [9.17, 15) is 4.79 Å². The fraction of sp³-hybridized carbons (Fsp3) is 0.625. The fourth-order valence-electron chi connectivity index (χ4n) is 0.812. The Bertz CT molecular complexity index is 187. The molecule has 1 aliphatic rings. The zero-order chi connectivity index (χ0) is 8.97. The van der Waals surface area contributed by atoms with Crippen molar-refractivity contribution in [1.82, 2.24) is 0 Å². The third-order valence-electron chi connectivity index (χ3n) is 1.30. The van der Waals surface area contributed by atoms with E-state index in [1.807, 2.05) is 6.92 Å². The number of ether oxygens (including phenoxy) is 3. The van der Waals surface area contributed by atoms with Gasteiger partial charge in [-0.05, 0) is 6.92 Å². The smallest absolute Gasteiger partial charge is 0.430 e. The van der Waals surface area contributed by atoms with E-state index in [1.165, 1.54) is 0 Å². The van der Waals surface area contributed by atoms with Crippen molar-refractivity contribution in [3.8, 4) is 0 Å². The van der Waals surface area contributed by atoms with Crippen LogP contribution in [-0.2, 0) is 14.2 Å². The minimum absolute atomic E-state index is 0.253. The SMILES string of the molecule is C=C(C)COCC1COC(=O)O1. The van der Waals surface area contributed by atoms with Gasteiger partial charge in [0.25, 0.3) is 0 Å². The molecule has 68 valence electrons. The second-order valence-corrected chi connectivity index (χ2v) is 2.77. The number of hydrogen-bond acceptors (Lipinski definition) is 4. The van der Waals surface area contributed by atoms with E-state index in [4.69, 9.17) is 9.47 Å². The molecule has 1 unspecified atom stereocenters. The van der Waals surface area contributed by atoms with Gasteiger partial charge in [-0.1, -0.05) is 12.2 Å². The van der Waals surface area contributed by atoms with Crippen molar-refractivity contribution >= 4 is 6.16 Å². The zero-order valence-electron chi connectivity index (χ0n) is 7.04. The second-order valence-electron chi connectivity index (χ2n) is 2.77. The van der Waals surface area contributed by atoms with Crippen molar-refractivity contribution < 1.29 is 19.0 Å². The van der Waals surface area contributed by atoms with Crippen LogP contribution in [0.4, 0.5) is 4.79 Å². The fourth-order valence-corrected chi connectivity index (χ4v) is 0.812. The number of carbonyl (C=O) groups excluding carboxylic acids is 1. The Kier molecular flexibility index (Phi) is 3.10. The summed E-state index contributed by atoms with van der Waals surface area (Å²) in [6.07, 6.45) is -0.865. The molecular weight excluding hydrogens is 160 g/mol. The van der Waals surface area contributed by atoms with Crippen LogP contribution in [0.3, 0.4) is 0 Å². The van der Waals surface area contributed by atoms with Crippen molar-refractivity contribution in [2.75, 3.05) is 19.8 Å². The predicted molar refractivity (Wildman–Crippen MR) is 41.9 cm³/mol. The molecule has 0 saturated carbocycles. The van der Waals surface area contributed by atoms with Crippen molar-refractivity contribution in [2.45, 2.75) is 13.0 Å². The maximum Gasteiger partial charge on any atom is 0.508 e. The van der Waals surface area contributed by atoms with Crippen LogP contribution < -0.4 is 0 Å². The molecule has 12 heavy (non-hydrogen) atoms. The first-order chi connectivity index (χ1) is 5.68. The molecule has 1 aliphatic heterocycles. The van der Waals surface area contributed by atoms with Gasteiger partial charge in [0.1, 0.15) is 6.61 Å². The van der Waals surface area contributed by atoms with E-state index in [-0.39, 0.29) is 12.7 Å². The maximum atomic E-state index is 10.4. The Morgan fingerprint density at radius 1 is 1.83 bits per heavy atom. The number of cyclic esters (lactones) is 2. The highest BCUT2D eigenvalue weighted by Gasteiger charge is 2.24. The van der Waals surface area contributed by atoms with Gasteiger partial charge in [0.15, 0.2) is 6.10 Å². The van der Waals surface area contributed by atoms with Crippen LogP contribution in [0.5, 0.6) is 0 Å². The van der Waals surface area contributed by atoms with E-state index in [0.29, 0.717) is 13.2 Å². The minimum atomic E-state index is -0.612. The van der Waals surface area contributed by atoms with Crippen LogP contribution in [0.2, 0.25) is 0 Å². The van der Waals surface area contributed by atoms with Crippen LogP contribution >= 0.6 is 0 Å². The number of carbonyl (C=O) groups is 1. The van der Waals surface area contributed by atoms with Crippen LogP contribution in [0.15, 0.2) is 12.2 Å². The van der Waals surface area contributed by atoms with Crippen LogP contribution in [0, 0.1) is 0 Å². The van der Waals surface area contributed by atoms with E-state index >= 15 is 0 Å². The maximum absolute atomic E-state index is 10.4. The number of hydrogen-bond donors (Lipinski definition) is 0. The van der Waals surface area contributed by atoms with E-state index in [2.05, 4.69) is 11.3 Å². The normalized spacial score (nSPS) is 21.8. The van der Waals surface area contributed by atoms with Gasteiger partial charge in [-0.25, -0.2) is 4.79 Å². The van der Waals surface area contributed by atoms with Gasteiger partial charge >= 0.3 is 6.16 Å². The van der Waals surface area contributed by atoms with Gasteiger partial charge in [0.2, 0.25) is 0 Å². The molecule has 1 heterocycles. The molecule has 4 heteroatoms. The van der Waals surface area contributed by atoms with Gasteiger partial charge in [-0.15, -0.1) is 0 Å². The lowest BCUT2D eigenvalue weighted by atomic mass is 10.4. The first kappa shape index (κ1) is 9.06. The van der Waals surface area contributed by atoms with E-state index in [0.717, 1.165) is 5.57 Å². The van der Waals surface area contributed by atoms with Crippen LogP contribution in [0.1, 0.15) is 6.92 Å². The highest BCUT2D eigenvalue weighted by atomic mass is 16.8. The molecule has 0 bridgehead atoms.